The summed E-state index contributed by atoms with van der Waals surface area (Å²) in [5.74, 6) is 3.88. The van der Waals surface area contributed by atoms with Crippen LogP contribution in [0.5, 0.6) is 0 Å². The second-order valence-electron chi connectivity index (χ2n) is 8.04. The number of aromatic nitrogens is 3. The molecular formula is C21H27N5O. The van der Waals surface area contributed by atoms with E-state index < -0.39 is 0 Å². The lowest BCUT2D eigenvalue weighted by Gasteiger charge is -2.31. The van der Waals surface area contributed by atoms with Gasteiger partial charge in [-0.3, -0.25) is 4.90 Å². The first-order chi connectivity index (χ1) is 13.2. The van der Waals surface area contributed by atoms with Crippen LogP contribution in [0.15, 0.2) is 22.6 Å². The van der Waals surface area contributed by atoms with Gasteiger partial charge in [-0.1, -0.05) is 0 Å². The van der Waals surface area contributed by atoms with Crippen molar-refractivity contribution in [1.82, 2.24) is 25.0 Å². The van der Waals surface area contributed by atoms with Crippen molar-refractivity contribution in [3.05, 3.63) is 46.7 Å². The third-order valence-corrected chi connectivity index (χ3v) is 6.17. The number of hydrogen-bond acceptors (Lipinski definition) is 5. The van der Waals surface area contributed by atoms with E-state index in [4.69, 9.17) is 4.42 Å². The number of rotatable bonds is 3. The lowest BCUT2D eigenvalue weighted by atomic mass is 9.95. The summed E-state index contributed by atoms with van der Waals surface area (Å²) in [6.07, 6.45) is 2.29. The van der Waals surface area contributed by atoms with E-state index in [0.717, 1.165) is 69.3 Å². The van der Waals surface area contributed by atoms with Crippen molar-refractivity contribution < 1.29 is 4.42 Å². The summed E-state index contributed by atoms with van der Waals surface area (Å²) in [6.45, 7) is 10.2. The standard InChI is InChI=1S/C21H27N5O/c1-14-9-17-11-18(27-19(17)10-15(14)2)13-25-6-3-16(4-7-25)21-24-23-20-12-22-5-8-26(20)21/h9-11,16,22H,3-8,12-13H2,1-2H3. The van der Waals surface area contributed by atoms with Crippen molar-refractivity contribution in [2.75, 3.05) is 19.6 Å². The molecule has 0 amide bonds. The molecule has 4 heterocycles. The van der Waals surface area contributed by atoms with Crippen LogP contribution in [0.2, 0.25) is 0 Å². The smallest absolute Gasteiger partial charge is 0.147 e. The lowest BCUT2D eigenvalue weighted by Crippen LogP contribution is -2.34. The van der Waals surface area contributed by atoms with Gasteiger partial charge in [0.1, 0.15) is 23.0 Å². The molecule has 0 spiro atoms. The molecule has 6 heteroatoms. The predicted octanol–water partition coefficient (Wildman–Crippen LogP) is 3.12. The van der Waals surface area contributed by atoms with Gasteiger partial charge in [0.2, 0.25) is 0 Å². The Morgan fingerprint density at radius 2 is 1.89 bits per heavy atom. The first-order valence-corrected chi connectivity index (χ1v) is 10.0. The van der Waals surface area contributed by atoms with Gasteiger partial charge in [0.25, 0.3) is 0 Å². The molecule has 3 aromatic rings. The molecule has 142 valence electrons. The molecule has 0 aliphatic carbocycles. The van der Waals surface area contributed by atoms with Crippen LogP contribution >= 0.6 is 0 Å². The van der Waals surface area contributed by atoms with Crippen molar-refractivity contribution >= 4 is 11.0 Å². The highest BCUT2D eigenvalue weighted by atomic mass is 16.3. The fraction of sp³-hybridized carbons (Fsp3) is 0.524. The quantitative estimate of drug-likeness (QED) is 0.773. The highest BCUT2D eigenvalue weighted by Crippen LogP contribution is 2.30. The van der Waals surface area contributed by atoms with Crippen molar-refractivity contribution in [2.24, 2.45) is 0 Å². The molecule has 0 bridgehead atoms. The number of aryl methyl sites for hydroxylation is 2. The highest BCUT2D eigenvalue weighted by molar-refractivity contribution is 5.79. The number of furan rings is 1. The van der Waals surface area contributed by atoms with Crippen LogP contribution in [0.4, 0.5) is 0 Å². The minimum atomic E-state index is 0.529. The van der Waals surface area contributed by atoms with Gasteiger partial charge in [0, 0.05) is 24.4 Å². The zero-order chi connectivity index (χ0) is 18.4. The number of nitrogens with one attached hydrogen (secondary N) is 1. The van der Waals surface area contributed by atoms with Crippen LogP contribution in [0.1, 0.15) is 47.3 Å². The largest absolute Gasteiger partial charge is 0.460 e. The number of fused-ring (bicyclic) bond motifs is 2. The van der Waals surface area contributed by atoms with E-state index in [2.05, 4.69) is 57.0 Å². The predicted molar refractivity (Wildman–Crippen MR) is 105 cm³/mol. The number of piperidine rings is 1. The van der Waals surface area contributed by atoms with Crippen LogP contribution in [-0.2, 0) is 19.6 Å². The maximum absolute atomic E-state index is 6.11. The van der Waals surface area contributed by atoms with Gasteiger partial charge in [0.05, 0.1) is 13.1 Å². The summed E-state index contributed by atoms with van der Waals surface area (Å²) in [5.41, 5.74) is 3.62. The fourth-order valence-corrected chi connectivity index (χ4v) is 4.42. The summed E-state index contributed by atoms with van der Waals surface area (Å²) in [5, 5.41) is 13.5. The maximum Gasteiger partial charge on any atom is 0.147 e. The second-order valence-corrected chi connectivity index (χ2v) is 8.04. The molecule has 1 N–H and O–H groups in total. The normalized spacial score (nSPS) is 18.9. The van der Waals surface area contributed by atoms with Crippen molar-refractivity contribution in [1.29, 1.82) is 0 Å². The topological polar surface area (TPSA) is 59.1 Å². The van der Waals surface area contributed by atoms with Crippen LogP contribution in [-0.4, -0.2) is 39.3 Å². The van der Waals surface area contributed by atoms with E-state index in [-0.39, 0.29) is 0 Å². The summed E-state index contributed by atoms with van der Waals surface area (Å²) in [7, 11) is 0. The molecule has 1 aromatic carbocycles. The van der Waals surface area contributed by atoms with E-state index in [1.807, 2.05) is 0 Å². The Bertz CT molecular complexity index is 926. The lowest BCUT2D eigenvalue weighted by molar-refractivity contribution is 0.188. The van der Waals surface area contributed by atoms with Crippen LogP contribution < -0.4 is 5.32 Å². The molecule has 2 aliphatic rings. The molecular weight excluding hydrogens is 338 g/mol. The van der Waals surface area contributed by atoms with Crippen LogP contribution in [0.25, 0.3) is 11.0 Å². The maximum atomic E-state index is 6.11. The Morgan fingerprint density at radius 3 is 2.74 bits per heavy atom. The molecule has 1 saturated heterocycles. The monoisotopic (exact) mass is 365 g/mol. The Labute approximate surface area is 159 Å². The molecule has 0 atom stereocenters. The molecule has 2 aliphatic heterocycles. The average Bonchev–Trinajstić information content (AvgIpc) is 3.26. The number of hydrogen-bond donors (Lipinski definition) is 1. The second kappa shape index (κ2) is 6.77. The Balaban J connectivity index is 1.25. The number of nitrogens with zero attached hydrogens (tertiary/aromatic N) is 4. The number of benzene rings is 1. The van der Waals surface area contributed by atoms with E-state index >= 15 is 0 Å². The van der Waals surface area contributed by atoms with Crippen molar-refractivity contribution in [3.8, 4) is 0 Å². The van der Waals surface area contributed by atoms with Crippen molar-refractivity contribution in [3.63, 3.8) is 0 Å². The Morgan fingerprint density at radius 1 is 1.07 bits per heavy atom. The average molecular weight is 365 g/mol. The highest BCUT2D eigenvalue weighted by Gasteiger charge is 2.27. The minimum absolute atomic E-state index is 0.529. The van der Waals surface area contributed by atoms with Gasteiger partial charge < -0.3 is 14.3 Å². The van der Waals surface area contributed by atoms with E-state index in [0.29, 0.717) is 5.92 Å². The SMILES string of the molecule is Cc1cc2cc(CN3CCC(c4nnc5n4CCNC5)CC3)oc2cc1C. The van der Waals surface area contributed by atoms with Gasteiger partial charge in [-0.2, -0.15) is 0 Å². The summed E-state index contributed by atoms with van der Waals surface area (Å²) >= 11 is 0. The third-order valence-electron chi connectivity index (χ3n) is 6.17. The fourth-order valence-electron chi connectivity index (χ4n) is 4.42. The molecule has 5 rings (SSSR count). The zero-order valence-corrected chi connectivity index (χ0v) is 16.2. The molecule has 27 heavy (non-hydrogen) atoms. The first-order valence-electron chi connectivity index (χ1n) is 10.0. The summed E-state index contributed by atoms with van der Waals surface area (Å²) in [6, 6.07) is 6.59. The van der Waals surface area contributed by atoms with Gasteiger partial charge in [-0.25, -0.2) is 0 Å². The van der Waals surface area contributed by atoms with Gasteiger partial charge in [-0.05, 0) is 69.1 Å². The summed E-state index contributed by atoms with van der Waals surface area (Å²) < 4.78 is 8.44. The first kappa shape index (κ1) is 17.0. The molecule has 0 unspecified atom stereocenters. The minimum Gasteiger partial charge on any atom is -0.460 e. The molecule has 1 fully saturated rings. The number of likely N-dealkylation sites (tertiary alicyclic amines) is 1. The summed E-state index contributed by atoms with van der Waals surface area (Å²) in [4.78, 5) is 2.50. The molecule has 2 aromatic heterocycles. The van der Waals surface area contributed by atoms with Gasteiger partial charge >= 0.3 is 0 Å². The van der Waals surface area contributed by atoms with E-state index in [9.17, 15) is 0 Å². The van der Waals surface area contributed by atoms with Crippen LogP contribution in [0, 0.1) is 13.8 Å². The van der Waals surface area contributed by atoms with Gasteiger partial charge in [-0.15, -0.1) is 10.2 Å². The third kappa shape index (κ3) is 3.17. The molecule has 0 radical (unpaired) electrons. The molecule has 6 nitrogen and oxygen atoms in total. The van der Waals surface area contributed by atoms with Crippen molar-refractivity contribution in [2.45, 2.75) is 52.2 Å². The Kier molecular flexibility index (Phi) is 4.25. The van der Waals surface area contributed by atoms with Gasteiger partial charge in [0.15, 0.2) is 0 Å². The zero-order valence-electron chi connectivity index (χ0n) is 16.2. The molecule has 0 saturated carbocycles. The van der Waals surface area contributed by atoms with E-state index in [1.165, 1.54) is 22.3 Å². The van der Waals surface area contributed by atoms with Crippen LogP contribution in [0.3, 0.4) is 0 Å². The van der Waals surface area contributed by atoms with E-state index in [1.54, 1.807) is 0 Å². The Hall–Kier alpha value is -2.18.